The van der Waals surface area contributed by atoms with Gasteiger partial charge in [-0.1, -0.05) is 24.3 Å². The number of benzene rings is 3. The van der Waals surface area contributed by atoms with Crippen LogP contribution in [-0.4, -0.2) is 68.6 Å². The summed E-state index contributed by atoms with van der Waals surface area (Å²) in [5.74, 6) is -1.42. The summed E-state index contributed by atoms with van der Waals surface area (Å²) in [7, 11) is 0. The third-order valence-electron chi connectivity index (χ3n) is 8.05. The molecule has 0 bridgehead atoms. The smallest absolute Gasteiger partial charge is 0.233 e. The number of ether oxygens (including phenoxy) is 1. The highest BCUT2D eigenvalue weighted by Gasteiger charge is 2.49. The van der Waals surface area contributed by atoms with E-state index in [0.29, 0.717) is 36.1 Å². The van der Waals surface area contributed by atoms with Gasteiger partial charge in [0, 0.05) is 17.7 Å². The lowest BCUT2D eigenvalue weighted by molar-refractivity contribution is -0.228. The van der Waals surface area contributed by atoms with Crippen LogP contribution in [0.2, 0.25) is 0 Å². The maximum absolute atomic E-state index is 13.6. The number of nitrogens with zero attached hydrogens (tertiary/aromatic N) is 1. The summed E-state index contributed by atoms with van der Waals surface area (Å²) >= 11 is 0. The molecule has 8 nitrogen and oxygen atoms in total. The molecule has 3 aromatic carbocycles. The van der Waals surface area contributed by atoms with Crippen molar-refractivity contribution in [1.82, 2.24) is 0 Å². The normalized spacial score (nSPS) is 28.0. The van der Waals surface area contributed by atoms with Gasteiger partial charge in [0.1, 0.15) is 41.8 Å². The van der Waals surface area contributed by atoms with Crippen LogP contribution in [0.4, 0.5) is 14.5 Å². The number of aromatic hydroxyl groups is 1. The zero-order valence-electron chi connectivity index (χ0n) is 22.2. The first-order valence-electron chi connectivity index (χ1n) is 13.6. The highest BCUT2D eigenvalue weighted by atomic mass is 19.1. The highest BCUT2D eigenvalue weighted by molar-refractivity contribution is 6.03. The fraction of sp³-hybridized carbons (Fsp3) is 0.387. The van der Waals surface area contributed by atoms with E-state index in [4.69, 9.17) is 4.74 Å². The van der Waals surface area contributed by atoms with Gasteiger partial charge in [0.2, 0.25) is 5.91 Å². The number of amides is 1. The molecule has 2 aliphatic rings. The number of hydrogen-bond acceptors (Lipinski definition) is 7. The summed E-state index contributed by atoms with van der Waals surface area (Å²) in [5, 5.41) is 51.1. The maximum atomic E-state index is 13.6. The van der Waals surface area contributed by atoms with Gasteiger partial charge in [0.05, 0.1) is 24.7 Å². The van der Waals surface area contributed by atoms with E-state index in [9.17, 15) is 39.1 Å². The summed E-state index contributed by atoms with van der Waals surface area (Å²) < 4.78 is 32.4. The lowest BCUT2D eigenvalue weighted by Crippen LogP contribution is -2.59. The van der Waals surface area contributed by atoms with E-state index in [-0.39, 0.29) is 23.9 Å². The largest absolute Gasteiger partial charge is 0.508 e. The van der Waals surface area contributed by atoms with Crippen LogP contribution < -0.4 is 4.90 Å². The van der Waals surface area contributed by atoms with E-state index < -0.39 is 54.9 Å². The molecule has 2 heterocycles. The molecule has 0 unspecified atom stereocenters. The number of aryl methyl sites for hydroxylation is 1. The molecule has 3 aromatic rings. The summed E-state index contributed by atoms with van der Waals surface area (Å²) in [4.78, 5) is 14.8. The summed E-state index contributed by atoms with van der Waals surface area (Å²) in [6.45, 7) is -0.539. The predicted octanol–water partition coefficient (Wildman–Crippen LogP) is 2.78. The Morgan fingerprint density at radius 3 is 2.05 bits per heavy atom. The average Bonchev–Trinajstić information content (AvgIpc) is 2.96. The molecule has 10 heteroatoms. The molecule has 5 N–H and O–H groups in total. The Balaban J connectivity index is 1.35. The molecule has 218 valence electrons. The minimum atomic E-state index is -1.50. The molecule has 0 spiro atoms. The van der Waals surface area contributed by atoms with E-state index in [1.165, 1.54) is 47.4 Å². The number of aliphatic hydroxyl groups excluding tert-OH is 4. The van der Waals surface area contributed by atoms with Gasteiger partial charge in [0.15, 0.2) is 0 Å². The number of phenolic OH excluding ortho intramolecular Hbond substituents is 1. The van der Waals surface area contributed by atoms with Crippen molar-refractivity contribution in [3.05, 3.63) is 95.1 Å². The van der Waals surface area contributed by atoms with Gasteiger partial charge in [-0.15, -0.1) is 0 Å². The van der Waals surface area contributed by atoms with E-state index in [1.807, 2.05) is 0 Å². The van der Waals surface area contributed by atoms with Crippen LogP contribution in [0.15, 0.2) is 66.7 Å². The van der Waals surface area contributed by atoms with Gasteiger partial charge < -0.3 is 35.2 Å². The molecule has 2 aliphatic heterocycles. The van der Waals surface area contributed by atoms with Crippen molar-refractivity contribution >= 4 is 11.6 Å². The first-order chi connectivity index (χ1) is 19.7. The van der Waals surface area contributed by atoms with Crippen LogP contribution in [0.1, 0.15) is 35.6 Å². The van der Waals surface area contributed by atoms with Gasteiger partial charge in [-0.3, -0.25) is 4.79 Å². The number of β-lactam (4-membered cyclic amide) rings is 1. The van der Waals surface area contributed by atoms with Crippen LogP contribution in [-0.2, 0) is 22.4 Å². The van der Waals surface area contributed by atoms with Crippen LogP contribution in [0, 0.1) is 17.6 Å². The van der Waals surface area contributed by atoms with Crippen molar-refractivity contribution in [3.8, 4) is 5.75 Å². The lowest BCUT2D eigenvalue weighted by Gasteiger charge is -2.48. The number of anilines is 1. The number of halogens is 2. The highest BCUT2D eigenvalue weighted by Crippen LogP contribution is 2.48. The minimum absolute atomic E-state index is 0.0831. The third kappa shape index (κ3) is 5.98. The zero-order valence-corrected chi connectivity index (χ0v) is 22.2. The number of carbonyl (C=O) groups is 1. The van der Waals surface area contributed by atoms with Crippen molar-refractivity contribution in [2.75, 3.05) is 11.5 Å². The van der Waals surface area contributed by atoms with E-state index in [2.05, 4.69) is 0 Å². The monoisotopic (exact) mass is 569 g/mol. The van der Waals surface area contributed by atoms with Gasteiger partial charge in [-0.2, -0.15) is 0 Å². The molecule has 2 saturated heterocycles. The van der Waals surface area contributed by atoms with Crippen LogP contribution in [0.25, 0.3) is 0 Å². The molecule has 2 fully saturated rings. The third-order valence-corrected chi connectivity index (χ3v) is 8.05. The average molecular weight is 570 g/mol. The molecule has 0 aromatic heterocycles. The Labute approximate surface area is 236 Å². The van der Waals surface area contributed by atoms with Crippen LogP contribution in [0.5, 0.6) is 5.75 Å². The maximum Gasteiger partial charge on any atom is 0.233 e. The van der Waals surface area contributed by atoms with E-state index >= 15 is 0 Å². The van der Waals surface area contributed by atoms with Crippen molar-refractivity contribution < 1.29 is 43.8 Å². The molecule has 7 atom stereocenters. The second-order valence-electron chi connectivity index (χ2n) is 10.7. The van der Waals surface area contributed by atoms with Gasteiger partial charge in [-0.25, -0.2) is 8.78 Å². The van der Waals surface area contributed by atoms with E-state index in [1.54, 1.807) is 24.3 Å². The van der Waals surface area contributed by atoms with Crippen molar-refractivity contribution in [2.24, 2.45) is 5.92 Å². The Bertz CT molecular complexity index is 1350. The molecule has 0 saturated carbocycles. The summed E-state index contributed by atoms with van der Waals surface area (Å²) in [6.07, 6.45) is -4.42. The van der Waals surface area contributed by atoms with Crippen LogP contribution >= 0.6 is 0 Å². The minimum Gasteiger partial charge on any atom is -0.508 e. The van der Waals surface area contributed by atoms with Crippen molar-refractivity contribution in [2.45, 2.75) is 62.2 Å². The van der Waals surface area contributed by atoms with Gasteiger partial charge in [-0.05, 0) is 72.9 Å². The topological polar surface area (TPSA) is 131 Å². The predicted molar refractivity (Wildman–Crippen MR) is 145 cm³/mol. The fourth-order valence-electron chi connectivity index (χ4n) is 5.80. The van der Waals surface area contributed by atoms with Crippen molar-refractivity contribution in [3.63, 3.8) is 0 Å². The standard InChI is InChI=1S/C31H33F2NO7/c32-19-7-4-17(5-8-19)2-1-3-23-27(34(31(23)40)21-11-9-20(33)10-12-21)22-13-6-18(14-24(22)36)15-25-28(37)30(39)29(38)26(16-35)41-25/h4-14,23,25-30,35-39H,1-3,15-16H2/t23-,25+,26-,27-,28+,29-,30-/m1/s1. The first kappa shape index (κ1) is 29.1. The second kappa shape index (κ2) is 12.2. The summed E-state index contributed by atoms with van der Waals surface area (Å²) in [6, 6.07) is 16.2. The molecule has 41 heavy (non-hydrogen) atoms. The summed E-state index contributed by atoms with van der Waals surface area (Å²) in [5.41, 5.74) is 2.52. The molecular weight excluding hydrogens is 536 g/mol. The second-order valence-corrected chi connectivity index (χ2v) is 10.7. The van der Waals surface area contributed by atoms with Gasteiger partial charge >= 0.3 is 0 Å². The molecule has 1 amide bonds. The first-order valence-corrected chi connectivity index (χ1v) is 13.6. The SMILES string of the molecule is O=C1[C@H](CCCc2ccc(F)cc2)[C@@H](c2ccc(C[C@@H]3O[C@H](CO)[C@@H](O)[C@H](O)[C@H]3O)cc2O)N1c1ccc(F)cc1. The zero-order chi connectivity index (χ0) is 29.3. The molecule has 0 radical (unpaired) electrons. The fourth-order valence-corrected chi connectivity index (χ4v) is 5.80. The van der Waals surface area contributed by atoms with Gasteiger partial charge in [0.25, 0.3) is 0 Å². The Kier molecular flexibility index (Phi) is 8.67. The quantitative estimate of drug-likeness (QED) is 0.251. The van der Waals surface area contributed by atoms with Crippen molar-refractivity contribution in [1.29, 1.82) is 0 Å². The number of hydrogen-bond donors (Lipinski definition) is 5. The lowest BCUT2D eigenvalue weighted by atomic mass is 9.78. The number of aliphatic hydroxyl groups is 4. The Morgan fingerprint density at radius 1 is 0.805 bits per heavy atom. The molecular formula is C31H33F2NO7. The molecule has 0 aliphatic carbocycles. The number of rotatable bonds is 9. The van der Waals surface area contributed by atoms with Crippen LogP contribution in [0.3, 0.4) is 0 Å². The Morgan fingerprint density at radius 2 is 1.41 bits per heavy atom. The Hall–Kier alpha value is -3.41. The number of phenols is 1. The van der Waals surface area contributed by atoms with E-state index in [0.717, 1.165) is 5.56 Å². The molecule has 5 rings (SSSR count). The number of carbonyl (C=O) groups excluding carboxylic acids is 1.